The fourth-order valence-electron chi connectivity index (χ4n) is 4.25. The van der Waals surface area contributed by atoms with E-state index in [0.717, 1.165) is 41.9 Å². The van der Waals surface area contributed by atoms with Crippen LogP contribution in [0.4, 0.5) is 0 Å². The monoisotopic (exact) mass is 445 g/mol. The SMILES string of the molecule is CCc1nc2c(c(OC3CCN(S(=O)(=O)c4ccccc4CC)CC3)n1)CCOCC2. The first-order chi connectivity index (χ1) is 15.0. The summed E-state index contributed by atoms with van der Waals surface area (Å²) in [7, 11) is -3.50. The second-order valence-corrected chi connectivity index (χ2v) is 9.93. The Morgan fingerprint density at radius 2 is 1.81 bits per heavy atom. The van der Waals surface area contributed by atoms with Gasteiger partial charge in [0.25, 0.3) is 0 Å². The summed E-state index contributed by atoms with van der Waals surface area (Å²) in [6, 6.07) is 7.27. The third-order valence-electron chi connectivity index (χ3n) is 6.05. The van der Waals surface area contributed by atoms with E-state index in [1.165, 1.54) is 0 Å². The molecule has 0 aliphatic carbocycles. The Hall–Kier alpha value is -2.03. The smallest absolute Gasteiger partial charge is 0.243 e. The predicted octanol–water partition coefficient (Wildman–Crippen LogP) is 2.95. The minimum atomic E-state index is -3.50. The number of hydrogen-bond donors (Lipinski definition) is 0. The molecule has 2 aliphatic rings. The fourth-order valence-corrected chi connectivity index (χ4v) is 6.01. The van der Waals surface area contributed by atoms with Crippen molar-refractivity contribution in [2.75, 3.05) is 26.3 Å². The highest BCUT2D eigenvalue weighted by atomic mass is 32.2. The van der Waals surface area contributed by atoms with Gasteiger partial charge < -0.3 is 9.47 Å². The molecule has 7 nitrogen and oxygen atoms in total. The predicted molar refractivity (Wildman–Crippen MR) is 118 cm³/mol. The van der Waals surface area contributed by atoms with Crippen molar-refractivity contribution >= 4 is 10.0 Å². The molecular formula is C23H31N3O4S. The highest BCUT2D eigenvalue weighted by molar-refractivity contribution is 7.89. The van der Waals surface area contributed by atoms with Gasteiger partial charge in [-0.2, -0.15) is 9.29 Å². The molecule has 0 amide bonds. The van der Waals surface area contributed by atoms with E-state index in [1.807, 2.05) is 26.0 Å². The molecule has 1 fully saturated rings. The quantitative estimate of drug-likeness (QED) is 0.680. The number of hydrogen-bond acceptors (Lipinski definition) is 6. The molecule has 2 aromatic rings. The van der Waals surface area contributed by atoms with Gasteiger partial charge in [-0.3, -0.25) is 0 Å². The van der Waals surface area contributed by atoms with Crippen LogP contribution in [0.15, 0.2) is 29.2 Å². The van der Waals surface area contributed by atoms with E-state index in [-0.39, 0.29) is 6.10 Å². The zero-order valence-corrected chi connectivity index (χ0v) is 19.2. The van der Waals surface area contributed by atoms with Crippen molar-refractivity contribution in [1.82, 2.24) is 14.3 Å². The number of aromatic nitrogens is 2. The van der Waals surface area contributed by atoms with E-state index >= 15 is 0 Å². The van der Waals surface area contributed by atoms with Crippen molar-refractivity contribution in [3.63, 3.8) is 0 Å². The van der Waals surface area contributed by atoms with Crippen molar-refractivity contribution in [3.8, 4) is 5.88 Å². The number of piperidine rings is 1. The average molecular weight is 446 g/mol. The summed E-state index contributed by atoms with van der Waals surface area (Å²) in [4.78, 5) is 9.76. The maximum atomic E-state index is 13.2. The normalized spacial score (nSPS) is 18.4. The number of aryl methyl sites for hydroxylation is 2. The number of fused-ring (bicyclic) bond motifs is 1. The van der Waals surface area contributed by atoms with Crippen LogP contribution in [0.1, 0.15) is 49.3 Å². The Morgan fingerprint density at radius 3 is 2.55 bits per heavy atom. The first-order valence-corrected chi connectivity index (χ1v) is 12.7. The molecule has 0 saturated carbocycles. The third-order valence-corrected chi connectivity index (χ3v) is 8.05. The zero-order valence-electron chi connectivity index (χ0n) is 18.3. The van der Waals surface area contributed by atoms with Gasteiger partial charge in [0.1, 0.15) is 11.9 Å². The van der Waals surface area contributed by atoms with Crippen molar-refractivity contribution < 1.29 is 17.9 Å². The van der Waals surface area contributed by atoms with Gasteiger partial charge in [0.05, 0.1) is 23.8 Å². The highest BCUT2D eigenvalue weighted by Gasteiger charge is 2.32. The van der Waals surface area contributed by atoms with Crippen LogP contribution < -0.4 is 4.74 Å². The van der Waals surface area contributed by atoms with Crippen LogP contribution in [-0.2, 0) is 40.4 Å². The van der Waals surface area contributed by atoms with Crippen LogP contribution in [0.2, 0.25) is 0 Å². The highest BCUT2D eigenvalue weighted by Crippen LogP contribution is 2.28. The zero-order chi connectivity index (χ0) is 21.8. The summed E-state index contributed by atoms with van der Waals surface area (Å²) in [5, 5.41) is 0. The van der Waals surface area contributed by atoms with Crippen molar-refractivity contribution in [1.29, 1.82) is 0 Å². The molecule has 1 saturated heterocycles. The second-order valence-electron chi connectivity index (χ2n) is 8.02. The summed E-state index contributed by atoms with van der Waals surface area (Å²) < 4.78 is 39.9. The van der Waals surface area contributed by atoms with E-state index in [1.54, 1.807) is 16.4 Å². The molecule has 1 aromatic carbocycles. The van der Waals surface area contributed by atoms with Gasteiger partial charge in [-0.15, -0.1) is 0 Å². The van der Waals surface area contributed by atoms with E-state index in [2.05, 4.69) is 9.97 Å². The van der Waals surface area contributed by atoms with Crippen LogP contribution >= 0.6 is 0 Å². The van der Waals surface area contributed by atoms with Crippen LogP contribution in [0, 0.1) is 0 Å². The second kappa shape index (κ2) is 9.63. The van der Waals surface area contributed by atoms with E-state index in [9.17, 15) is 8.42 Å². The lowest BCUT2D eigenvalue weighted by Gasteiger charge is -2.32. The summed E-state index contributed by atoms with van der Waals surface area (Å²) in [5.41, 5.74) is 2.93. The van der Waals surface area contributed by atoms with Gasteiger partial charge in [-0.05, 0) is 30.9 Å². The van der Waals surface area contributed by atoms with Gasteiger partial charge in [-0.25, -0.2) is 13.4 Å². The molecular weight excluding hydrogens is 414 g/mol. The number of nitrogens with zero attached hydrogens (tertiary/aromatic N) is 3. The van der Waals surface area contributed by atoms with Crippen LogP contribution in [0.3, 0.4) is 0 Å². The summed E-state index contributed by atoms with van der Waals surface area (Å²) in [6.07, 6.45) is 4.19. The van der Waals surface area contributed by atoms with Crippen molar-refractivity contribution in [3.05, 3.63) is 46.9 Å². The minimum absolute atomic E-state index is 0.0549. The Bertz CT molecular complexity index is 1020. The molecule has 0 bridgehead atoms. The minimum Gasteiger partial charge on any atom is -0.474 e. The molecule has 2 aliphatic heterocycles. The molecule has 3 heterocycles. The number of sulfonamides is 1. The Kier molecular flexibility index (Phi) is 6.89. The van der Waals surface area contributed by atoms with Gasteiger partial charge in [0, 0.05) is 37.9 Å². The Labute approximate surface area is 184 Å². The molecule has 0 N–H and O–H groups in total. The fraction of sp³-hybridized carbons (Fsp3) is 0.565. The number of rotatable bonds is 6. The standard InChI is InChI=1S/C23H31N3O4S/c1-3-17-7-5-6-8-21(17)31(27,28)26-13-9-18(10-14-26)30-23-19-11-15-29-16-12-20(19)24-22(4-2)25-23/h5-8,18H,3-4,9-16H2,1-2H3. The Balaban J connectivity index is 1.48. The molecule has 4 rings (SSSR count). The molecule has 8 heteroatoms. The van der Waals surface area contributed by atoms with Gasteiger partial charge >= 0.3 is 0 Å². The Morgan fingerprint density at radius 1 is 1.06 bits per heavy atom. The molecule has 0 unspecified atom stereocenters. The third kappa shape index (κ3) is 4.76. The topological polar surface area (TPSA) is 81.6 Å². The average Bonchev–Trinajstić information content (AvgIpc) is 3.05. The first kappa shape index (κ1) is 22.2. The van der Waals surface area contributed by atoms with Crippen molar-refractivity contribution in [2.45, 2.75) is 63.4 Å². The van der Waals surface area contributed by atoms with Gasteiger partial charge in [0.2, 0.25) is 15.9 Å². The molecule has 1 aromatic heterocycles. The molecule has 0 atom stereocenters. The maximum absolute atomic E-state index is 13.2. The van der Waals surface area contributed by atoms with Crippen LogP contribution in [0.5, 0.6) is 5.88 Å². The largest absolute Gasteiger partial charge is 0.474 e. The van der Waals surface area contributed by atoms with Crippen LogP contribution in [0.25, 0.3) is 0 Å². The maximum Gasteiger partial charge on any atom is 0.243 e. The van der Waals surface area contributed by atoms with E-state index in [4.69, 9.17) is 9.47 Å². The summed E-state index contributed by atoms with van der Waals surface area (Å²) in [6.45, 7) is 6.23. The van der Waals surface area contributed by atoms with Gasteiger partial charge in [-0.1, -0.05) is 32.0 Å². The van der Waals surface area contributed by atoms with E-state index < -0.39 is 10.0 Å². The molecule has 0 radical (unpaired) electrons. The first-order valence-electron chi connectivity index (χ1n) is 11.2. The summed E-state index contributed by atoms with van der Waals surface area (Å²) in [5.74, 6) is 1.44. The number of benzene rings is 1. The van der Waals surface area contributed by atoms with Gasteiger partial charge in [0.15, 0.2) is 0 Å². The van der Waals surface area contributed by atoms with Crippen molar-refractivity contribution in [2.24, 2.45) is 0 Å². The summed E-state index contributed by atoms with van der Waals surface area (Å²) >= 11 is 0. The molecule has 0 spiro atoms. The lowest BCUT2D eigenvalue weighted by atomic mass is 10.1. The molecule has 168 valence electrons. The van der Waals surface area contributed by atoms with Crippen LogP contribution in [-0.4, -0.2) is 55.1 Å². The van der Waals surface area contributed by atoms with E-state index in [0.29, 0.717) is 56.3 Å². The number of ether oxygens (including phenoxy) is 2. The lowest BCUT2D eigenvalue weighted by Crippen LogP contribution is -2.42. The lowest BCUT2D eigenvalue weighted by molar-refractivity contribution is 0.126. The molecule has 31 heavy (non-hydrogen) atoms.